The van der Waals surface area contributed by atoms with Gasteiger partial charge in [0.2, 0.25) is 15.9 Å². The van der Waals surface area contributed by atoms with E-state index in [0.717, 1.165) is 21.9 Å². The van der Waals surface area contributed by atoms with E-state index < -0.39 is 34.0 Å². The summed E-state index contributed by atoms with van der Waals surface area (Å²) in [5.74, 6) is -1.64. The molecule has 9 heteroatoms. The average molecular weight is 482 g/mol. The number of hydrogen-bond donors (Lipinski definition) is 3. The number of benzene rings is 3. The summed E-state index contributed by atoms with van der Waals surface area (Å²) in [6.45, 7) is 0.579. The Kier molecular flexibility index (Phi) is 6.97. The van der Waals surface area contributed by atoms with Crippen LogP contribution in [0.3, 0.4) is 0 Å². The van der Waals surface area contributed by atoms with Gasteiger partial charge in [0.15, 0.2) is 0 Å². The van der Waals surface area contributed by atoms with E-state index in [1.54, 1.807) is 24.3 Å². The van der Waals surface area contributed by atoms with Gasteiger partial charge in [0.25, 0.3) is 0 Å². The average Bonchev–Trinajstić information content (AvgIpc) is 3.33. The van der Waals surface area contributed by atoms with Crippen molar-refractivity contribution in [2.45, 2.75) is 42.8 Å². The molecule has 1 heterocycles. The number of carboxylic acid groups (broad SMARTS) is 1. The Labute approximate surface area is 198 Å². The maximum Gasteiger partial charge on any atom is 0.326 e. The first kappa shape index (κ1) is 23.9. The SMILES string of the molecule is NCc1cccc(C[C@H](NS(=O)(=O)c2ccc3ccccc3c2)C(=O)N2CCC[C@H]2C(=O)O)c1. The van der Waals surface area contributed by atoms with Crippen LogP contribution in [0.1, 0.15) is 24.0 Å². The molecule has 0 radical (unpaired) electrons. The number of carbonyl (C=O) groups is 2. The van der Waals surface area contributed by atoms with Crippen molar-refractivity contribution in [2.75, 3.05) is 6.54 Å². The smallest absolute Gasteiger partial charge is 0.326 e. The lowest BCUT2D eigenvalue weighted by Crippen LogP contribution is -2.52. The summed E-state index contributed by atoms with van der Waals surface area (Å²) in [5, 5.41) is 11.2. The number of sulfonamides is 1. The van der Waals surface area contributed by atoms with E-state index in [-0.39, 0.29) is 17.9 Å². The van der Waals surface area contributed by atoms with Gasteiger partial charge in [0.05, 0.1) is 4.90 Å². The number of likely N-dealkylation sites (tertiary alicyclic amines) is 1. The number of rotatable bonds is 8. The standard InChI is InChI=1S/C25H27N3O5S/c26-16-18-6-3-5-17(13-18)14-22(24(29)28-12-4-9-23(28)25(30)31)27-34(32,33)21-11-10-19-7-1-2-8-20(19)15-21/h1-3,5-8,10-11,13,15,22-23,27H,4,9,12,14,16,26H2,(H,30,31)/t22-,23-/m0/s1. The van der Waals surface area contributed by atoms with E-state index in [1.165, 1.54) is 11.0 Å². The summed E-state index contributed by atoms with van der Waals surface area (Å²) in [5.41, 5.74) is 7.31. The lowest BCUT2D eigenvalue weighted by molar-refractivity contribution is -0.148. The third-order valence-electron chi connectivity index (χ3n) is 6.11. The number of nitrogens with zero attached hydrogens (tertiary/aromatic N) is 1. The first-order valence-corrected chi connectivity index (χ1v) is 12.6. The maximum atomic E-state index is 13.5. The van der Waals surface area contributed by atoms with Crippen molar-refractivity contribution in [3.05, 3.63) is 77.9 Å². The van der Waals surface area contributed by atoms with Crippen molar-refractivity contribution in [2.24, 2.45) is 5.73 Å². The van der Waals surface area contributed by atoms with Crippen molar-refractivity contribution in [1.29, 1.82) is 0 Å². The summed E-state index contributed by atoms with van der Waals surface area (Å²) in [6.07, 6.45) is 0.964. The van der Waals surface area contributed by atoms with Gasteiger partial charge in [-0.1, -0.05) is 54.6 Å². The van der Waals surface area contributed by atoms with Crippen molar-refractivity contribution < 1.29 is 23.1 Å². The first-order valence-electron chi connectivity index (χ1n) is 11.1. The number of fused-ring (bicyclic) bond motifs is 1. The molecule has 0 unspecified atom stereocenters. The summed E-state index contributed by atoms with van der Waals surface area (Å²) < 4.78 is 29.2. The van der Waals surface area contributed by atoms with Gasteiger partial charge >= 0.3 is 5.97 Å². The third-order valence-corrected chi connectivity index (χ3v) is 7.58. The number of aliphatic carboxylic acids is 1. The molecule has 178 valence electrons. The molecule has 1 aliphatic rings. The van der Waals surface area contributed by atoms with Crippen LogP contribution in [0.2, 0.25) is 0 Å². The van der Waals surface area contributed by atoms with Crippen molar-refractivity contribution >= 4 is 32.7 Å². The molecule has 0 aliphatic carbocycles. The summed E-state index contributed by atoms with van der Waals surface area (Å²) in [7, 11) is -4.07. The second kappa shape index (κ2) is 9.92. The number of carboxylic acids is 1. The molecule has 34 heavy (non-hydrogen) atoms. The van der Waals surface area contributed by atoms with E-state index in [4.69, 9.17) is 5.73 Å². The molecule has 1 saturated heterocycles. The predicted octanol–water partition coefficient (Wildman–Crippen LogP) is 2.26. The molecule has 3 aromatic carbocycles. The summed E-state index contributed by atoms with van der Waals surface area (Å²) >= 11 is 0. The molecule has 8 nitrogen and oxygen atoms in total. The van der Waals surface area contributed by atoms with Crippen molar-refractivity contribution in [1.82, 2.24) is 9.62 Å². The fourth-order valence-electron chi connectivity index (χ4n) is 4.38. The molecule has 2 atom stereocenters. The van der Waals surface area contributed by atoms with Gasteiger partial charge < -0.3 is 15.7 Å². The number of hydrogen-bond acceptors (Lipinski definition) is 5. The van der Waals surface area contributed by atoms with Gasteiger partial charge in [-0.05, 0) is 53.3 Å². The Balaban J connectivity index is 1.67. The van der Waals surface area contributed by atoms with E-state index in [1.807, 2.05) is 36.4 Å². The van der Waals surface area contributed by atoms with Gasteiger partial charge in [-0.25, -0.2) is 13.2 Å². The number of nitrogens with one attached hydrogen (secondary N) is 1. The second-order valence-corrected chi connectivity index (χ2v) is 10.2. The predicted molar refractivity (Wildman–Crippen MR) is 128 cm³/mol. The van der Waals surface area contributed by atoms with Crippen LogP contribution in [0, 0.1) is 0 Å². The van der Waals surface area contributed by atoms with Gasteiger partial charge in [0.1, 0.15) is 12.1 Å². The molecule has 4 rings (SSSR count). The molecular weight excluding hydrogens is 454 g/mol. The number of amides is 1. The Hall–Kier alpha value is -3.27. The van der Waals surface area contributed by atoms with Crippen LogP contribution in [0.25, 0.3) is 10.8 Å². The summed E-state index contributed by atoms with van der Waals surface area (Å²) in [6, 6.07) is 17.3. The van der Waals surface area contributed by atoms with Crippen LogP contribution in [0.4, 0.5) is 0 Å². The zero-order valence-electron chi connectivity index (χ0n) is 18.6. The molecule has 1 fully saturated rings. The fraction of sp³-hybridized carbons (Fsp3) is 0.280. The van der Waals surface area contributed by atoms with Crippen molar-refractivity contribution in [3.8, 4) is 0 Å². The topological polar surface area (TPSA) is 130 Å². The minimum Gasteiger partial charge on any atom is -0.480 e. The van der Waals surface area contributed by atoms with E-state index in [0.29, 0.717) is 19.4 Å². The number of carbonyl (C=O) groups excluding carboxylic acids is 1. The van der Waals surface area contributed by atoms with Crippen LogP contribution < -0.4 is 10.5 Å². The Morgan fingerprint density at radius 3 is 2.50 bits per heavy atom. The highest BCUT2D eigenvalue weighted by Crippen LogP contribution is 2.23. The Morgan fingerprint density at radius 1 is 1.03 bits per heavy atom. The summed E-state index contributed by atoms with van der Waals surface area (Å²) in [4.78, 5) is 26.4. The molecule has 3 aromatic rings. The lowest BCUT2D eigenvalue weighted by Gasteiger charge is -2.27. The largest absolute Gasteiger partial charge is 0.480 e. The lowest BCUT2D eigenvalue weighted by atomic mass is 10.0. The minimum atomic E-state index is -4.07. The fourth-order valence-corrected chi connectivity index (χ4v) is 5.60. The molecule has 0 saturated carbocycles. The molecular formula is C25H27N3O5S. The zero-order valence-corrected chi connectivity index (χ0v) is 19.4. The monoisotopic (exact) mass is 481 g/mol. The van der Waals surface area contributed by atoms with Gasteiger partial charge in [-0.15, -0.1) is 0 Å². The minimum absolute atomic E-state index is 0.0379. The molecule has 0 bridgehead atoms. The Bertz CT molecular complexity index is 1320. The molecule has 0 aromatic heterocycles. The molecule has 1 aliphatic heterocycles. The van der Waals surface area contributed by atoms with Crippen LogP contribution in [-0.2, 0) is 32.6 Å². The molecule has 1 amide bonds. The molecule has 0 spiro atoms. The van der Waals surface area contributed by atoms with Crippen LogP contribution in [-0.4, -0.2) is 48.9 Å². The highest BCUT2D eigenvalue weighted by Gasteiger charge is 2.38. The van der Waals surface area contributed by atoms with Crippen molar-refractivity contribution in [3.63, 3.8) is 0 Å². The van der Waals surface area contributed by atoms with Crippen LogP contribution in [0.15, 0.2) is 71.6 Å². The highest BCUT2D eigenvalue weighted by atomic mass is 32.2. The van der Waals surface area contributed by atoms with Gasteiger partial charge in [0, 0.05) is 13.1 Å². The molecule has 4 N–H and O–H groups in total. The Morgan fingerprint density at radius 2 is 1.76 bits per heavy atom. The van der Waals surface area contributed by atoms with Crippen LogP contribution in [0.5, 0.6) is 0 Å². The normalized spacial score (nSPS) is 17.1. The zero-order chi connectivity index (χ0) is 24.3. The van der Waals surface area contributed by atoms with E-state index in [9.17, 15) is 23.1 Å². The van der Waals surface area contributed by atoms with Crippen LogP contribution >= 0.6 is 0 Å². The van der Waals surface area contributed by atoms with E-state index >= 15 is 0 Å². The van der Waals surface area contributed by atoms with E-state index in [2.05, 4.69) is 4.72 Å². The quantitative estimate of drug-likeness (QED) is 0.453. The second-order valence-electron chi connectivity index (χ2n) is 8.44. The first-order chi connectivity index (χ1) is 16.3. The van der Waals surface area contributed by atoms with Gasteiger partial charge in [-0.3, -0.25) is 4.79 Å². The van der Waals surface area contributed by atoms with Gasteiger partial charge in [-0.2, -0.15) is 4.72 Å². The third kappa shape index (κ3) is 5.11. The maximum absolute atomic E-state index is 13.5. The highest BCUT2D eigenvalue weighted by molar-refractivity contribution is 7.89. The number of nitrogens with two attached hydrogens (primary N) is 1.